The van der Waals surface area contributed by atoms with E-state index < -0.39 is 15.8 Å². The van der Waals surface area contributed by atoms with E-state index in [1.54, 1.807) is 60.7 Å². The third-order valence-electron chi connectivity index (χ3n) is 5.38. The molecule has 4 aromatic carbocycles. The Balaban J connectivity index is 1.41. The molecule has 0 bridgehead atoms. The standard InChI is InChI=1S/C28H24O4S/c1-20-3-9-23(10-4-20)24-13-15-26(16-14-24)32-28(29)25-11-7-22(8-12-25)19-33(30,31)27-17-5-21(2)6-18-27/h3-18H,19H2,1-2H3. The lowest BCUT2D eigenvalue weighted by atomic mass is 10.0. The molecule has 0 aliphatic rings. The maximum atomic E-state index is 12.6. The maximum absolute atomic E-state index is 12.6. The number of rotatable bonds is 6. The van der Waals surface area contributed by atoms with Crippen molar-refractivity contribution in [3.8, 4) is 16.9 Å². The van der Waals surface area contributed by atoms with E-state index in [1.807, 2.05) is 26.0 Å². The molecule has 166 valence electrons. The van der Waals surface area contributed by atoms with Crippen molar-refractivity contribution in [3.05, 3.63) is 119 Å². The summed E-state index contributed by atoms with van der Waals surface area (Å²) in [5, 5.41) is 0. The second-order valence-corrected chi connectivity index (χ2v) is 10.0. The molecule has 0 spiro atoms. The number of hydrogen-bond donors (Lipinski definition) is 0. The normalized spacial score (nSPS) is 11.2. The third-order valence-corrected chi connectivity index (χ3v) is 7.08. The van der Waals surface area contributed by atoms with Gasteiger partial charge in [0, 0.05) is 0 Å². The molecule has 0 atom stereocenters. The quantitative estimate of drug-likeness (QED) is 0.257. The average molecular weight is 457 g/mol. The molecule has 0 aliphatic carbocycles. The van der Waals surface area contributed by atoms with E-state index in [2.05, 4.69) is 24.3 Å². The van der Waals surface area contributed by atoms with Gasteiger partial charge in [-0.25, -0.2) is 13.2 Å². The number of sulfone groups is 1. The van der Waals surface area contributed by atoms with Crippen LogP contribution in [0.2, 0.25) is 0 Å². The van der Waals surface area contributed by atoms with E-state index in [0.29, 0.717) is 16.9 Å². The fourth-order valence-corrected chi connectivity index (χ4v) is 4.76. The van der Waals surface area contributed by atoms with Gasteiger partial charge in [-0.2, -0.15) is 0 Å². The van der Waals surface area contributed by atoms with E-state index >= 15 is 0 Å². The maximum Gasteiger partial charge on any atom is 0.343 e. The summed E-state index contributed by atoms with van der Waals surface area (Å²) < 4.78 is 30.7. The summed E-state index contributed by atoms with van der Waals surface area (Å²) in [7, 11) is -3.46. The minimum Gasteiger partial charge on any atom is -0.423 e. The van der Waals surface area contributed by atoms with Crippen molar-refractivity contribution in [1.29, 1.82) is 0 Å². The van der Waals surface area contributed by atoms with E-state index in [0.717, 1.165) is 16.7 Å². The summed E-state index contributed by atoms with van der Waals surface area (Å²) in [6.07, 6.45) is 0. The lowest BCUT2D eigenvalue weighted by Crippen LogP contribution is -2.09. The van der Waals surface area contributed by atoms with Crippen molar-refractivity contribution < 1.29 is 17.9 Å². The second-order valence-electron chi connectivity index (χ2n) is 8.05. The monoisotopic (exact) mass is 456 g/mol. The molecule has 0 fully saturated rings. The molecule has 4 nitrogen and oxygen atoms in total. The predicted molar refractivity (Wildman–Crippen MR) is 130 cm³/mol. The van der Waals surface area contributed by atoms with Crippen molar-refractivity contribution in [2.75, 3.05) is 0 Å². The van der Waals surface area contributed by atoms with Gasteiger partial charge in [-0.3, -0.25) is 0 Å². The zero-order chi connectivity index (χ0) is 23.4. The molecule has 0 saturated heterocycles. The van der Waals surface area contributed by atoms with Gasteiger partial charge in [0.1, 0.15) is 5.75 Å². The van der Waals surface area contributed by atoms with Gasteiger partial charge in [0.05, 0.1) is 16.2 Å². The highest BCUT2D eigenvalue weighted by molar-refractivity contribution is 7.90. The minimum atomic E-state index is -3.46. The number of ether oxygens (including phenoxy) is 1. The Bertz CT molecular complexity index is 1350. The Morgan fingerprint density at radius 3 is 1.70 bits per heavy atom. The predicted octanol–water partition coefficient (Wildman–Crippen LogP) is 6.16. The van der Waals surface area contributed by atoms with Gasteiger partial charge in [0.15, 0.2) is 9.84 Å². The van der Waals surface area contributed by atoms with Crippen LogP contribution in [-0.2, 0) is 15.6 Å². The van der Waals surface area contributed by atoms with Crippen molar-refractivity contribution in [2.45, 2.75) is 24.5 Å². The van der Waals surface area contributed by atoms with Crippen molar-refractivity contribution in [1.82, 2.24) is 0 Å². The van der Waals surface area contributed by atoms with E-state index in [9.17, 15) is 13.2 Å². The Labute approximate surface area is 194 Å². The zero-order valence-electron chi connectivity index (χ0n) is 18.5. The molecule has 0 amide bonds. The van der Waals surface area contributed by atoms with Crippen LogP contribution in [0.15, 0.2) is 102 Å². The molecule has 0 saturated carbocycles. The average Bonchev–Trinajstić information content (AvgIpc) is 2.81. The first-order valence-electron chi connectivity index (χ1n) is 10.6. The topological polar surface area (TPSA) is 60.4 Å². The van der Waals surface area contributed by atoms with Gasteiger partial charge in [-0.15, -0.1) is 0 Å². The van der Waals surface area contributed by atoms with Crippen LogP contribution in [0.1, 0.15) is 27.0 Å². The highest BCUT2D eigenvalue weighted by atomic mass is 32.2. The van der Waals surface area contributed by atoms with E-state index in [4.69, 9.17) is 4.74 Å². The molecule has 4 aromatic rings. The second kappa shape index (κ2) is 9.43. The molecule has 0 unspecified atom stereocenters. The number of benzene rings is 4. The van der Waals surface area contributed by atoms with Crippen LogP contribution in [0.4, 0.5) is 0 Å². The molecule has 0 aromatic heterocycles. The fourth-order valence-electron chi connectivity index (χ4n) is 3.41. The summed E-state index contributed by atoms with van der Waals surface area (Å²) in [5.41, 5.74) is 5.29. The molecule has 0 heterocycles. The van der Waals surface area contributed by atoms with E-state index in [-0.39, 0.29) is 10.6 Å². The summed E-state index contributed by atoms with van der Waals surface area (Å²) in [4.78, 5) is 12.8. The smallest absolute Gasteiger partial charge is 0.343 e. The molecular weight excluding hydrogens is 432 g/mol. The highest BCUT2D eigenvalue weighted by Crippen LogP contribution is 2.24. The Morgan fingerprint density at radius 1 is 0.667 bits per heavy atom. The van der Waals surface area contributed by atoms with Gasteiger partial charge < -0.3 is 4.74 Å². The van der Waals surface area contributed by atoms with Gasteiger partial charge >= 0.3 is 5.97 Å². The highest BCUT2D eigenvalue weighted by Gasteiger charge is 2.16. The summed E-state index contributed by atoms with van der Waals surface area (Å²) in [5.74, 6) is -0.181. The molecular formula is C28H24O4S. The number of carbonyl (C=O) groups is 1. The van der Waals surface area contributed by atoms with Crippen LogP contribution >= 0.6 is 0 Å². The van der Waals surface area contributed by atoms with Crippen LogP contribution in [-0.4, -0.2) is 14.4 Å². The first-order valence-corrected chi connectivity index (χ1v) is 12.2. The molecule has 0 aliphatic heterocycles. The molecule has 0 N–H and O–H groups in total. The van der Waals surface area contributed by atoms with Crippen LogP contribution in [0.5, 0.6) is 5.75 Å². The van der Waals surface area contributed by atoms with Gasteiger partial charge in [-0.05, 0) is 66.9 Å². The summed E-state index contributed by atoms with van der Waals surface area (Å²) in [6.45, 7) is 3.95. The first-order chi connectivity index (χ1) is 15.8. The molecule has 0 radical (unpaired) electrons. The largest absolute Gasteiger partial charge is 0.423 e. The number of esters is 1. The third kappa shape index (κ3) is 5.57. The van der Waals surface area contributed by atoms with Crippen molar-refractivity contribution in [3.63, 3.8) is 0 Å². The summed E-state index contributed by atoms with van der Waals surface area (Å²) >= 11 is 0. The van der Waals surface area contributed by atoms with Crippen LogP contribution in [0.25, 0.3) is 11.1 Å². The molecule has 5 heteroatoms. The van der Waals surface area contributed by atoms with Crippen molar-refractivity contribution in [2.24, 2.45) is 0 Å². The van der Waals surface area contributed by atoms with Gasteiger partial charge in [0.2, 0.25) is 0 Å². The van der Waals surface area contributed by atoms with Crippen LogP contribution < -0.4 is 4.74 Å². The summed E-state index contributed by atoms with van der Waals surface area (Å²) in [6, 6.07) is 28.8. The van der Waals surface area contributed by atoms with Crippen LogP contribution in [0.3, 0.4) is 0 Å². The van der Waals surface area contributed by atoms with Gasteiger partial charge in [0.25, 0.3) is 0 Å². The lowest BCUT2D eigenvalue weighted by Gasteiger charge is -2.08. The zero-order valence-corrected chi connectivity index (χ0v) is 19.3. The van der Waals surface area contributed by atoms with E-state index in [1.165, 1.54) is 5.56 Å². The molecule has 33 heavy (non-hydrogen) atoms. The number of aryl methyl sites for hydroxylation is 2. The Morgan fingerprint density at radius 2 is 1.15 bits per heavy atom. The number of carbonyl (C=O) groups excluding carboxylic acids is 1. The Hall–Kier alpha value is -3.70. The first kappa shape index (κ1) is 22.5. The molecule has 4 rings (SSSR count). The van der Waals surface area contributed by atoms with Crippen molar-refractivity contribution >= 4 is 15.8 Å². The lowest BCUT2D eigenvalue weighted by molar-refractivity contribution is 0.0735. The fraction of sp³-hybridized carbons (Fsp3) is 0.107. The minimum absolute atomic E-state index is 0.133. The van der Waals surface area contributed by atoms with Gasteiger partial charge in [-0.1, -0.05) is 71.8 Å². The SMILES string of the molecule is Cc1ccc(-c2ccc(OC(=O)c3ccc(CS(=O)(=O)c4ccc(C)cc4)cc3)cc2)cc1. The number of hydrogen-bond acceptors (Lipinski definition) is 4. The Kier molecular flexibility index (Phi) is 6.43. The van der Waals surface area contributed by atoms with Crippen LogP contribution in [0, 0.1) is 13.8 Å².